The molecule has 112 valence electrons. The standard InChI is InChI=1S/C15H17ClN2O2S/c1-10-7-13(21(17,19)20)8-15(11(10)2)18-9-12-5-3-4-6-14(12)16/h3-8,18H,9H2,1-2H3,(H2,17,19,20). The van der Waals surface area contributed by atoms with Gasteiger partial charge in [0.05, 0.1) is 4.90 Å². The van der Waals surface area contributed by atoms with E-state index in [-0.39, 0.29) is 4.90 Å². The van der Waals surface area contributed by atoms with E-state index in [1.165, 1.54) is 0 Å². The summed E-state index contributed by atoms with van der Waals surface area (Å²) in [5.74, 6) is 0. The zero-order valence-electron chi connectivity index (χ0n) is 11.9. The molecule has 0 aliphatic rings. The molecule has 0 saturated heterocycles. The topological polar surface area (TPSA) is 72.2 Å². The van der Waals surface area contributed by atoms with Gasteiger partial charge in [-0.3, -0.25) is 0 Å². The molecular formula is C15H17ClN2O2S. The predicted molar refractivity (Wildman–Crippen MR) is 86.1 cm³/mol. The van der Waals surface area contributed by atoms with Gasteiger partial charge in [-0.05, 0) is 48.7 Å². The molecule has 0 aromatic heterocycles. The summed E-state index contributed by atoms with van der Waals surface area (Å²) >= 11 is 6.11. The highest BCUT2D eigenvalue weighted by Gasteiger charge is 2.12. The van der Waals surface area contributed by atoms with Gasteiger partial charge in [0, 0.05) is 17.3 Å². The summed E-state index contributed by atoms with van der Waals surface area (Å²) in [5.41, 5.74) is 3.52. The number of primary sulfonamides is 1. The zero-order valence-corrected chi connectivity index (χ0v) is 13.4. The number of aryl methyl sites for hydroxylation is 1. The Labute approximate surface area is 130 Å². The summed E-state index contributed by atoms with van der Waals surface area (Å²) in [6, 6.07) is 10.6. The lowest BCUT2D eigenvalue weighted by Gasteiger charge is -2.14. The van der Waals surface area contributed by atoms with Crippen LogP contribution in [-0.4, -0.2) is 8.42 Å². The molecule has 2 aromatic rings. The SMILES string of the molecule is Cc1cc(S(N)(=O)=O)cc(NCc2ccccc2Cl)c1C. The fourth-order valence-corrected chi connectivity index (χ4v) is 2.83. The first-order valence-electron chi connectivity index (χ1n) is 6.40. The summed E-state index contributed by atoms with van der Waals surface area (Å²) in [7, 11) is -3.72. The molecule has 0 radical (unpaired) electrons. The van der Waals surface area contributed by atoms with Crippen LogP contribution < -0.4 is 10.5 Å². The molecule has 0 fully saturated rings. The third-order valence-corrected chi connectivity index (χ3v) is 4.66. The average Bonchev–Trinajstić information content (AvgIpc) is 2.40. The molecule has 4 nitrogen and oxygen atoms in total. The molecule has 0 aliphatic heterocycles. The Morgan fingerprint density at radius 2 is 1.86 bits per heavy atom. The average molecular weight is 325 g/mol. The lowest BCUT2D eigenvalue weighted by atomic mass is 10.1. The highest BCUT2D eigenvalue weighted by atomic mass is 35.5. The number of hydrogen-bond donors (Lipinski definition) is 2. The maximum absolute atomic E-state index is 11.5. The van der Waals surface area contributed by atoms with E-state index >= 15 is 0 Å². The fourth-order valence-electron chi connectivity index (χ4n) is 2.01. The van der Waals surface area contributed by atoms with Crippen molar-refractivity contribution in [2.45, 2.75) is 25.3 Å². The normalized spacial score (nSPS) is 11.4. The Balaban J connectivity index is 2.32. The summed E-state index contributed by atoms with van der Waals surface area (Å²) in [5, 5.41) is 9.09. The lowest BCUT2D eigenvalue weighted by Crippen LogP contribution is -2.13. The van der Waals surface area contributed by atoms with E-state index in [4.69, 9.17) is 16.7 Å². The number of rotatable bonds is 4. The summed E-state index contributed by atoms with van der Waals surface area (Å²) in [6.07, 6.45) is 0. The van der Waals surface area contributed by atoms with Crippen molar-refractivity contribution in [3.05, 3.63) is 58.1 Å². The maximum Gasteiger partial charge on any atom is 0.238 e. The molecule has 0 amide bonds. The Bertz CT molecular complexity index is 773. The molecule has 0 atom stereocenters. The van der Waals surface area contributed by atoms with E-state index in [0.29, 0.717) is 11.6 Å². The number of nitrogens with two attached hydrogens (primary N) is 1. The van der Waals surface area contributed by atoms with Crippen molar-refractivity contribution in [1.82, 2.24) is 0 Å². The van der Waals surface area contributed by atoms with Gasteiger partial charge in [0.25, 0.3) is 0 Å². The third kappa shape index (κ3) is 3.75. The van der Waals surface area contributed by atoms with Crippen molar-refractivity contribution >= 4 is 27.3 Å². The van der Waals surface area contributed by atoms with Gasteiger partial charge in [-0.2, -0.15) is 0 Å². The minimum absolute atomic E-state index is 0.104. The molecule has 0 spiro atoms. The fraction of sp³-hybridized carbons (Fsp3) is 0.200. The van der Waals surface area contributed by atoms with Crippen LogP contribution >= 0.6 is 11.6 Å². The molecule has 2 aromatic carbocycles. The number of sulfonamides is 1. The molecular weight excluding hydrogens is 308 g/mol. The lowest BCUT2D eigenvalue weighted by molar-refractivity contribution is 0.597. The quantitative estimate of drug-likeness (QED) is 0.907. The van der Waals surface area contributed by atoms with Gasteiger partial charge in [-0.1, -0.05) is 29.8 Å². The number of nitrogens with one attached hydrogen (secondary N) is 1. The molecule has 3 N–H and O–H groups in total. The highest BCUT2D eigenvalue weighted by molar-refractivity contribution is 7.89. The summed E-state index contributed by atoms with van der Waals surface area (Å²) < 4.78 is 23.0. The molecule has 21 heavy (non-hydrogen) atoms. The van der Waals surface area contributed by atoms with Crippen LogP contribution in [0.25, 0.3) is 0 Å². The number of hydrogen-bond acceptors (Lipinski definition) is 3. The molecule has 0 heterocycles. The number of anilines is 1. The van der Waals surface area contributed by atoms with Gasteiger partial charge in [0.15, 0.2) is 0 Å². The van der Waals surface area contributed by atoms with Crippen LogP contribution in [0.1, 0.15) is 16.7 Å². The zero-order chi connectivity index (χ0) is 15.6. The molecule has 2 rings (SSSR count). The van der Waals surface area contributed by atoms with Crippen molar-refractivity contribution in [3.63, 3.8) is 0 Å². The first-order chi connectivity index (χ1) is 9.79. The van der Waals surface area contributed by atoms with Crippen molar-refractivity contribution < 1.29 is 8.42 Å². The minimum Gasteiger partial charge on any atom is -0.381 e. The van der Waals surface area contributed by atoms with Gasteiger partial charge in [-0.25, -0.2) is 13.6 Å². The third-order valence-electron chi connectivity index (χ3n) is 3.40. The van der Waals surface area contributed by atoms with Crippen LogP contribution in [0.4, 0.5) is 5.69 Å². The van der Waals surface area contributed by atoms with Crippen molar-refractivity contribution in [2.75, 3.05) is 5.32 Å². The molecule has 0 bridgehead atoms. The van der Waals surface area contributed by atoms with E-state index in [1.807, 2.05) is 38.1 Å². The minimum atomic E-state index is -3.72. The van der Waals surface area contributed by atoms with Crippen LogP contribution in [-0.2, 0) is 16.6 Å². The summed E-state index contributed by atoms with van der Waals surface area (Å²) in [4.78, 5) is 0.104. The van der Waals surface area contributed by atoms with Crippen molar-refractivity contribution in [1.29, 1.82) is 0 Å². The van der Waals surface area contributed by atoms with Gasteiger partial charge in [-0.15, -0.1) is 0 Å². The predicted octanol–water partition coefficient (Wildman–Crippen LogP) is 3.22. The Morgan fingerprint density at radius 3 is 2.48 bits per heavy atom. The van der Waals surface area contributed by atoms with Crippen molar-refractivity contribution in [2.24, 2.45) is 5.14 Å². The maximum atomic E-state index is 11.5. The van der Waals surface area contributed by atoms with Crippen LogP contribution in [0.2, 0.25) is 5.02 Å². The number of benzene rings is 2. The van der Waals surface area contributed by atoms with Crippen LogP contribution in [0.3, 0.4) is 0 Å². The van der Waals surface area contributed by atoms with E-state index < -0.39 is 10.0 Å². The van der Waals surface area contributed by atoms with Gasteiger partial charge in [0.1, 0.15) is 0 Å². The van der Waals surface area contributed by atoms with E-state index in [9.17, 15) is 8.42 Å². The van der Waals surface area contributed by atoms with E-state index in [1.54, 1.807) is 12.1 Å². The monoisotopic (exact) mass is 324 g/mol. The number of halogens is 1. The first kappa shape index (κ1) is 15.8. The Morgan fingerprint density at radius 1 is 1.19 bits per heavy atom. The van der Waals surface area contributed by atoms with Crippen LogP contribution in [0, 0.1) is 13.8 Å². The van der Waals surface area contributed by atoms with E-state index in [2.05, 4.69) is 5.32 Å². The second-order valence-corrected chi connectivity index (χ2v) is 6.87. The molecule has 0 saturated carbocycles. The van der Waals surface area contributed by atoms with Crippen molar-refractivity contribution in [3.8, 4) is 0 Å². The van der Waals surface area contributed by atoms with Gasteiger partial charge in [0.2, 0.25) is 10.0 Å². The highest BCUT2D eigenvalue weighted by Crippen LogP contribution is 2.25. The summed E-state index contributed by atoms with van der Waals surface area (Å²) in [6.45, 7) is 4.29. The van der Waals surface area contributed by atoms with Gasteiger partial charge < -0.3 is 5.32 Å². The smallest absolute Gasteiger partial charge is 0.238 e. The van der Waals surface area contributed by atoms with Gasteiger partial charge >= 0.3 is 0 Å². The molecule has 6 heteroatoms. The second-order valence-electron chi connectivity index (χ2n) is 4.90. The molecule has 0 unspecified atom stereocenters. The molecule has 0 aliphatic carbocycles. The second kappa shape index (κ2) is 6.05. The Kier molecular flexibility index (Phi) is 4.56. The van der Waals surface area contributed by atoms with E-state index in [0.717, 1.165) is 22.4 Å². The van der Waals surface area contributed by atoms with Crippen LogP contribution in [0.15, 0.2) is 41.3 Å². The van der Waals surface area contributed by atoms with Crippen LogP contribution in [0.5, 0.6) is 0 Å². The largest absolute Gasteiger partial charge is 0.381 e. The Hall–Kier alpha value is -1.56. The first-order valence-corrected chi connectivity index (χ1v) is 8.33.